The second-order valence-electron chi connectivity index (χ2n) is 13.3. The molecule has 0 amide bonds. The van der Waals surface area contributed by atoms with Crippen molar-refractivity contribution in [2.45, 2.75) is 39.0 Å². The molecule has 0 heterocycles. The molecule has 0 atom stereocenters. The van der Waals surface area contributed by atoms with Crippen LogP contribution in [0.4, 0.5) is 0 Å². The number of hydrogen-bond donors (Lipinski definition) is 9. The molecule has 0 aliphatic carbocycles. The maximum Gasteiger partial charge on any atom is 0.0110 e. The highest BCUT2D eigenvalue weighted by atomic mass is 15.2. The molecule has 296 valence electrons. The van der Waals surface area contributed by atoms with Crippen molar-refractivity contribution in [3.05, 3.63) is 0 Å². The molecule has 0 spiro atoms. The molecule has 14 nitrogen and oxygen atoms in total. The van der Waals surface area contributed by atoms with Crippen LogP contribution in [0.15, 0.2) is 0 Å². The van der Waals surface area contributed by atoms with Gasteiger partial charge in [0.05, 0.1) is 0 Å². The third-order valence-corrected chi connectivity index (χ3v) is 8.98. The predicted octanol–water partition coefficient (Wildman–Crippen LogP) is -2.49. The summed E-state index contributed by atoms with van der Waals surface area (Å²) in [4.78, 5) is 12.7. The number of nitrogens with zero attached hydrogens (tertiary/aromatic N) is 5. The van der Waals surface area contributed by atoms with Crippen LogP contribution >= 0.6 is 0 Å². The molecule has 0 aliphatic rings. The summed E-state index contributed by atoms with van der Waals surface area (Å²) in [6.45, 7) is 28.8. The van der Waals surface area contributed by atoms with Crippen LogP contribution in [-0.2, 0) is 0 Å². The van der Waals surface area contributed by atoms with Gasteiger partial charge in [0.2, 0.25) is 0 Å². The largest absolute Gasteiger partial charge is 0.329 e. The first-order chi connectivity index (χ1) is 24.0. The van der Waals surface area contributed by atoms with Gasteiger partial charge < -0.3 is 69.1 Å². The quantitative estimate of drug-likeness (QED) is 0.0306. The summed E-state index contributed by atoms with van der Waals surface area (Å²) in [5.74, 6) is 0. The standard InChI is InChI=1S/C35H86N14/c1-4-5-22-46(25-10-37)32-34-49(27-12-39)35-33-47(26-11-38)23-7-6-8-24-48(29-21-44-19-17-42-15-14-40-2)31-30-45(3)28-20-43-18-16-41-13-9-36/h40-44H,4-39H2,1-3H3. The molecule has 0 aromatic carbocycles. The van der Waals surface area contributed by atoms with Crippen LogP contribution in [-0.4, -0.2) is 215 Å². The van der Waals surface area contributed by atoms with Gasteiger partial charge in [-0.15, -0.1) is 0 Å². The Bertz CT molecular complexity index is 635. The first-order valence-electron chi connectivity index (χ1n) is 19.9. The van der Waals surface area contributed by atoms with E-state index in [2.05, 4.69) is 65.1 Å². The summed E-state index contributed by atoms with van der Waals surface area (Å²) in [6, 6.07) is 0. The molecule has 14 heteroatoms. The molecule has 0 rings (SSSR count). The molecule has 0 aromatic rings. The van der Waals surface area contributed by atoms with Crippen molar-refractivity contribution in [1.29, 1.82) is 0 Å². The maximum atomic E-state index is 6.03. The molecular formula is C35H86N14. The Kier molecular flexibility index (Phi) is 38.2. The summed E-state index contributed by atoms with van der Waals surface area (Å²) in [5.41, 5.74) is 23.5. The van der Waals surface area contributed by atoms with Crippen LogP contribution in [0.3, 0.4) is 0 Å². The Labute approximate surface area is 303 Å². The third-order valence-electron chi connectivity index (χ3n) is 8.98. The predicted molar refractivity (Wildman–Crippen MR) is 214 cm³/mol. The highest BCUT2D eigenvalue weighted by Crippen LogP contribution is 2.03. The molecule has 13 N–H and O–H groups in total. The highest BCUT2D eigenvalue weighted by molar-refractivity contribution is 4.70. The molecule has 0 aromatic heterocycles. The lowest BCUT2D eigenvalue weighted by Crippen LogP contribution is -2.43. The van der Waals surface area contributed by atoms with E-state index in [1.165, 1.54) is 32.1 Å². The lowest BCUT2D eigenvalue weighted by atomic mass is 10.2. The lowest BCUT2D eigenvalue weighted by Gasteiger charge is -2.30. The van der Waals surface area contributed by atoms with E-state index in [0.29, 0.717) is 19.6 Å². The van der Waals surface area contributed by atoms with Crippen molar-refractivity contribution in [2.24, 2.45) is 22.9 Å². The van der Waals surface area contributed by atoms with Crippen molar-refractivity contribution in [2.75, 3.05) is 191 Å². The van der Waals surface area contributed by atoms with Crippen LogP contribution in [0.1, 0.15) is 39.0 Å². The number of nitrogens with one attached hydrogen (secondary N) is 5. The summed E-state index contributed by atoms with van der Waals surface area (Å²) >= 11 is 0. The lowest BCUT2D eigenvalue weighted by molar-refractivity contribution is 0.177. The fraction of sp³-hybridized carbons (Fsp3) is 1.00. The van der Waals surface area contributed by atoms with Crippen molar-refractivity contribution < 1.29 is 0 Å². The van der Waals surface area contributed by atoms with Gasteiger partial charge >= 0.3 is 0 Å². The molecular weight excluding hydrogens is 616 g/mol. The first kappa shape index (κ1) is 48.4. The summed E-state index contributed by atoms with van der Waals surface area (Å²) in [7, 11) is 4.23. The zero-order valence-corrected chi connectivity index (χ0v) is 32.7. The zero-order valence-electron chi connectivity index (χ0n) is 32.7. The van der Waals surface area contributed by atoms with Crippen molar-refractivity contribution in [3.63, 3.8) is 0 Å². The molecule has 0 bridgehead atoms. The summed E-state index contributed by atoms with van der Waals surface area (Å²) < 4.78 is 0. The normalized spacial score (nSPS) is 12.2. The number of nitrogens with two attached hydrogens (primary N) is 4. The Morgan fingerprint density at radius 1 is 0.367 bits per heavy atom. The maximum absolute atomic E-state index is 6.03. The molecule has 0 saturated heterocycles. The average Bonchev–Trinajstić information content (AvgIpc) is 3.10. The van der Waals surface area contributed by atoms with Gasteiger partial charge in [0, 0.05) is 157 Å². The van der Waals surface area contributed by atoms with Gasteiger partial charge in [-0.05, 0) is 53.0 Å². The Hall–Kier alpha value is -0.560. The van der Waals surface area contributed by atoms with Gasteiger partial charge in [-0.25, -0.2) is 0 Å². The Balaban J connectivity index is 4.63. The van der Waals surface area contributed by atoms with Crippen LogP contribution in [0, 0.1) is 0 Å². The molecule has 0 fully saturated rings. The van der Waals surface area contributed by atoms with E-state index < -0.39 is 0 Å². The van der Waals surface area contributed by atoms with Crippen molar-refractivity contribution >= 4 is 0 Å². The summed E-state index contributed by atoms with van der Waals surface area (Å²) in [6.07, 6.45) is 6.15. The second-order valence-corrected chi connectivity index (χ2v) is 13.3. The minimum atomic E-state index is 0.693. The van der Waals surface area contributed by atoms with E-state index >= 15 is 0 Å². The molecule has 0 radical (unpaired) electrons. The van der Waals surface area contributed by atoms with Crippen LogP contribution in [0.2, 0.25) is 0 Å². The number of unbranched alkanes of at least 4 members (excludes halogenated alkanes) is 3. The van der Waals surface area contributed by atoms with E-state index in [9.17, 15) is 0 Å². The van der Waals surface area contributed by atoms with E-state index in [1.807, 2.05) is 7.05 Å². The minimum Gasteiger partial charge on any atom is -0.329 e. The monoisotopic (exact) mass is 703 g/mol. The number of rotatable bonds is 41. The molecule has 0 aliphatic heterocycles. The fourth-order valence-electron chi connectivity index (χ4n) is 5.78. The third kappa shape index (κ3) is 33.1. The molecule has 49 heavy (non-hydrogen) atoms. The molecule has 0 saturated carbocycles. The second kappa shape index (κ2) is 38.7. The Morgan fingerprint density at radius 3 is 1.27 bits per heavy atom. The average molecular weight is 703 g/mol. The van der Waals surface area contributed by atoms with Crippen LogP contribution < -0.4 is 49.5 Å². The highest BCUT2D eigenvalue weighted by Gasteiger charge is 2.12. The zero-order chi connectivity index (χ0) is 36.0. The molecule has 0 unspecified atom stereocenters. The van der Waals surface area contributed by atoms with E-state index in [4.69, 9.17) is 22.9 Å². The van der Waals surface area contributed by atoms with E-state index in [1.54, 1.807) is 0 Å². The number of hydrogen-bond acceptors (Lipinski definition) is 14. The van der Waals surface area contributed by atoms with Crippen LogP contribution in [0.25, 0.3) is 0 Å². The van der Waals surface area contributed by atoms with E-state index in [0.717, 1.165) is 157 Å². The fourth-order valence-corrected chi connectivity index (χ4v) is 5.78. The van der Waals surface area contributed by atoms with Gasteiger partial charge in [0.1, 0.15) is 0 Å². The SMILES string of the molecule is CCCCN(CCN)CCN(CCN)CCN(CCN)CCCCCN(CCNCCNCCNC)CCN(C)CCNCCNCCN. The van der Waals surface area contributed by atoms with Crippen LogP contribution in [0.5, 0.6) is 0 Å². The van der Waals surface area contributed by atoms with Gasteiger partial charge in [0.15, 0.2) is 0 Å². The topological polar surface area (TPSA) is 180 Å². The first-order valence-corrected chi connectivity index (χ1v) is 19.9. The van der Waals surface area contributed by atoms with Gasteiger partial charge in [0.25, 0.3) is 0 Å². The summed E-state index contributed by atoms with van der Waals surface area (Å²) in [5, 5.41) is 17.2. The van der Waals surface area contributed by atoms with E-state index in [-0.39, 0.29) is 0 Å². The smallest absolute Gasteiger partial charge is 0.0110 e. The minimum absolute atomic E-state index is 0.693. The van der Waals surface area contributed by atoms with Gasteiger partial charge in [-0.1, -0.05) is 19.8 Å². The number of likely N-dealkylation sites (N-methyl/N-ethyl adjacent to an activating group) is 2. The van der Waals surface area contributed by atoms with Gasteiger partial charge in [-0.2, -0.15) is 0 Å². The van der Waals surface area contributed by atoms with Crippen molar-refractivity contribution in [1.82, 2.24) is 51.1 Å². The van der Waals surface area contributed by atoms with Crippen molar-refractivity contribution in [3.8, 4) is 0 Å². The Morgan fingerprint density at radius 2 is 0.776 bits per heavy atom. The van der Waals surface area contributed by atoms with Gasteiger partial charge in [-0.3, -0.25) is 4.90 Å².